The number of hydrogen-bond acceptors (Lipinski definition) is 3. The molecule has 0 aliphatic rings. The zero-order valence-corrected chi connectivity index (χ0v) is 16.0. The number of carbonyl (C=O) groups is 3. The molecular weight excluding hydrogens is 366 g/mol. The number of benzene rings is 2. The van der Waals surface area contributed by atoms with E-state index in [4.69, 9.17) is 11.6 Å². The molecule has 0 aliphatic heterocycles. The molecule has 0 radical (unpaired) electrons. The number of nitrogens with one attached hydrogen (secondary N) is 2. The summed E-state index contributed by atoms with van der Waals surface area (Å²) in [7, 11) is 0. The molecule has 2 aromatic carbocycles. The molecular formula is C20H22ClN3O3. The lowest BCUT2D eigenvalue weighted by Gasteiger charge is -2.21. The van der Waals surface area contributed by atoms with E-state index in [1.54, 1.807) is 30.3 Å². The number of hydrogen-bond donors (Lipinski definition) is 2. The Bertz CT molecular complexity index is 839. The van der Waals surface area contributed by atoms with Crippen LogP contribution in [0.25, 0.3) is 0 Å². The van der Waals surface area contributed by atoms with Gasteiger partial charge in [-0.1, -0.05) is 35.9 Å². The van der Waals surface area contributed by atoms with E-state index in [1.807, 2.05) is 18.2 Å². The molecule has 3 amide bonds. The molecule has 0 heterocycles. The minimum absolute atomic E-state index is 0.147. The van der Waals surface area contributed by atoms with Crippen molar-refractivity contribution in [2.75, 3.05) is 16.8 Å². The normalized spacial score (nSPS) is 10.2. The second-order valence-corrected chi connectivity index (χ2v) is 6.43. The van der Waals surface area contributed by atoms with Gasteiger partial charge in [-0.2, -0.15) is 0 Å². The van der Waals surface area contributed by atoms with Gasteiger partial charge in [-0.25, -0.2) is 0 Å². The summed E-state index contributed by atoms with van der Waals surface area (Å²) in [6, 6.07) is 14.2. The summed E-state index contributed by atoms with van der Waals surface area (Å²) in [6.07, 6.45) is 0.147. The molecule has 7 heteroatoms. The summed E-state index contributed by atoms with van der Waals surface area (Å²) in [5.74, 6) is -0.562. The van der Waals surface area contributed by atoms with Crippen LogP contribution >= 0.6 is 11.6 Å². The Morgan fingerprint density at radius 3 is 2.44 bits per heavy atom. The van der Waals surface area contributed by atoms with E-state index in [2.05, 4.69) is 10.6 Å². The molecule has 0 bridgehead atoms. The Kier molecular flexibility index (Phi) is 7.37. The fraction of sp³-hybridized carbons (Fsp3) is 0.250. The second kappa shape index (κ2) is 9.73. The zero-order valence-electron chi connectivity index (χ0n) is 15.3. The third-order valence-electron chi connectivity index (χ3n) is 3.85. The average Bonchev–Trinajstić information content (AvgIpc) is 2.60. The van der Waals surface area contributed by atoms with Gasteiger partial charge in [0.05, 0.1) is 0 Å². The van der Waals surface area contributed by atoms with Gasteiger partial charge in [0.2, 0.25) is 17.7 Å². The van der Waals surface area contributed by atoms with Gasteiger partial charge in [-0.3, -0.25) is 14.4 Å². The number of amides is 3. The highest BCUT2D eigenvalue weighted by Crippen LogP contribution is 2.20. The van der Waals surface area contributed by atoms with Crippen LogP contribution < -0.4 is 15.5 Å². The van der Waals surface area contributed by atoms with Crippen LogP contribution in [0.5, 0.6) is 0 Å². The van der Waals surface area contributed by atoms with Crippen molar-refractivity contribution in [2.45, 2.75) is 26.8 Å². The van der Waals surface area contributed by atoms with E-state index >= 15 is 0 Å². The minimum atomic E-state index is -0.194. The average molecular weight is 388 g/mol. The van der Waals surface area contributed by atoms with E-state index in [0.29, 0.717) is 22.9 Å². The van der Waals surface area contributed by atoms with Crippen LogP contribution in [0.1, 0.15) is 25.8 Å². The first-order valence-corrected chi connectivity index (χ1v) is 8.90. The largest absolute Gasteiger partial charge is 0.352 e. The van der Waals surface area contributed by atoms with Crippen LogP contribution in [-0.4, -0.2) is 24.3 Å². The first kappa shape index (κ1) is 20.5. The standard InChI is InChI=1S/C20H22ClN3O3/c1-14(25)23-17-7-5-8-18(12-17)24(15(2)26)11-10-20(27)22-13-16-6-3-4-9-19(16)21/h3-9,12H,10-11,13H2,1-2H3,(H,22,27)(H,23,25). The Labute approximate surface area is 163 Å². The molecule has 142 valence electrons. The highest BCUT2D eigenvalue weighted by atomic mass is 35.5. The number of halogens is 1. The van der Waals surface area contributed by atoms with Crippen LogP contribution in [0.15, 0.2) is 48.5 Å². The predicted molar refractivity (Wildman–Crippen MR) is 107 cm³/mol. The SMILES string of the molecule is CC(=O)Nc1cccc(N(CCC(=O)NCc2ccccc2Cl)C(C)=O)c1. The van der Waals surface area contributed by atoms with Crippen LogP contribution in [0, 0.1) is 0 Å². The van der Waals surface area contributed by atoms with E-state index in [1.165, 1.54) is 18.7 Å². The fourth-order valence-electron chi connectivity index (χ4n) is 2.56. The Morgan fingerprint density at radius 2 is 1.78 bits per heavy atom. The molecule has 2 aromatic rings. The molecule has 6 nitrogen and oxygen atoms in total. The van der Waals surface area contributed by atoms with E-state index in [9.17, 15) is 14.4 Å². The van der Waals surface area contributed by atoms with E-state index in [-0.39, 0.29) is 30.7 Å². The molecule has 0 aromatic heterocycles. The van der Waals surface area contributed by atoms with E-state index in [0.717, 1.165) is 5.56 Å². The number of rotatable bonds is 7. The number of anilines is 2. The molecule has 2 N–H and O–H groups in total. The molecule has 27 heavy (non-hydrogen) atoms. The van der Waals surface area contributed by atoms with Crippen molar-refractivity contribution in [3.63, 3.8) is 0 Å². The highest BCUT2D eigenvalue weighted by Gasteiger charge is 2.14. The number of carbonyl (C=O) groups excluding carboxylic acids is 3. The fourth-order valence-corrected chi connectivity index (χ4v) is 2.76. The Hall–Kier alpha value is -2.86. The monoisotopic (exact) mass is 387 g/mol. The summed E-state index contributed by atoms with van der Waals surface area (Å²) >= 11 is 6.07. The summed E-state index contributed by atoms with van der Waals surface area (Å²) < 4.78 is 0. The Balaban J connectivity index is 1.96. The number of nitrogens with zero attached hydrogens (tertiary/aromatic N) is 1. The third-order valence-corrected chi connectivity index (χ3v) is 4.22. The van der Waals surface area contributed by atoms with Crippen LogP contribution in [0.3, 0.4) is 0 Å². The van der Waals surface area contributed by atoms with Crippen LogP contribution in [0.2, 0.25) is 5.02 Å². The van der Waals surface area contributed by atoms with Gasteiger partial charge in [0.15, 0.2) is 0 Å². The summed E-state index contributed by atoms with van der Waals surface area (Å²) in [6.45, 7) is 3.41. The van der Waals surface area contributed by atoms with Crippen LogP contribution in [-0.2, 0) is 20.9 Å². The topological polar surface area (TPSA) is 78.5 Å². The molecule has 0 spiro atoms. The summed E-state index contributed by atoms with van der Waals surface area (Å²) in [5.41, 5.74) is 2.04. The maximum Gasteiger partial charge on any atom is 0.223 e. The van der Waals surface area contributed by atoms with Crippen molar-refractivity contribution in [1.29, 1.82) is 0 Å². The van der Waals surface area contributed by atoms with Crippen LogP contribution in [0.4, 0.5) is 11.4 Å². The van der Waals surface area contributed by atoms with Gasteiger partial charge in [-0.15, -0.1) is 0 Å². The highest BCUT2D eigenvalue weighted by molar-refractivity contribution is 6.31. The lowest BCUT2D eigenvalue weighted by Crippen LogP contribution is -2.33. The summed E-state index contributed by atoms with van der Waals surface area (Å²) in [5, 5.41) is 6.08. The van der Waals surface area contributed by atoms with Crippen molar-refractivity contribution in [3.05, 3.63) is 59.1 Å². The van der Waals surface area contributed by atoms with Gasteiger partial charge >= 0.3 is 0 Å². The second-order valence-electron chi connectivity index (χ2n) is 6.02. The first-order chi connectivity index (χ1) is 12.9. The molecule has 2 rings (SSSR count). The lowest BCUT2D eigenvalue weighted by molar-refractivity contribution is -0.121. The first-order valence-electron chi connectivity index (χ1n) is 8.52. The van der Waals surface area contributed by atoms with Crippen molar-refractivity contribution >= 4 is 40.7 Å². The van der Waals surface area contributed by atoms with Gasteiger partial charge in [0.25, 0.3) is 0 Å². The third kappa shape index (κ3) is 6.42. The maximum atomic E-state index is 12.1. The van der Waals surface area contributed by atoms with Gasteiger partial charge in [0.1, 0.15) is 0 Å². The van der Waals surface area contributed by atoms with Gasteiger partial charge < -0.3 is 15.5 Å². The van der Waals surface area contributed by atoms with Gasteiger partial charge in [0, 0.05) is 49.8 Å². The maximum absolute atomic E-state index is 12.1. The van der Waals surface area contributed by atoms with E-state index < -0.39 is 0 Å². The smallest absolute Gasteiger partial charge is 0.223 e. The van der Waals surface area contributed by atoms with Crippen molar-refractivity contribution < 1.29 is 14.4 Å². The minimum Gasteiger partial charge on any atom is -0.352 e. The molecule has 0 fully saturated rings. The summed E-state index contributed by atoms with van der Waals surface area (Å²) in [4.78, 5) is 36.9. The predicted octanol–water partition coefficient (Wildman–Crippen LogP) is 3.36. The molecule has 0 unspecified atom stereocenters. The van der Waals surface area contributed by atoms with Crippen molar-refractivity contribution in [2.24, 2.45) is 0 Å². The molecule has 0 saturated heterocycles. The molecule has 0 aliphatic carbocycles. The zero-order chi connectivity index (χ0) is 19.8. The Morgan fingerprint density at radius 1 is 1.04 bits per heavy atom. The quantitative estimate of drug-likeness (QED) is 0.764. The van der Waals surface area contributed by atoms with Crippen molar-refractivity contribution in [3.8, 4) is 0 Å². The lowest BCUT2D eigenvalue weighted by atomic mass is 10.2. The molecule has 0 atom stereocenters. The van der Waals surface area contributed by atoms with Gasteiger partial charge in [-0.05, 0) is 29.8 Å². The molecule has 0 saturated carbocycles. The van der Waals surface area contributed by atoms with Crippen molar-refractivity contribution in [1.82, 2.24) is 5.32 Å².